The average Bonchev–Trinajstić information content (AvgIpc) is 3.22. The molecule has 0 bridgehead atoms. The summed E-state index contributed by atoms with van der Waals surface area (Å²) < 4.78 is 32.9. The minimum Gasteiger partial charge on any atom is -0.482 e. The maximum absolute atomic E-state index is 13.0. The topological polar surface area (TPSA) is 109 Å². The molecule has 0 spiro atoms. The van der Waals surface area contributed by atoms with Crippen molar-refractivity contribution in [1.29, 1.82) is 0 Å². The highest BCUT2D eigenvalue weighted by Crippen LogP contribution is 2.33. The maximum Gasteiger partial charge on any atom is 0.265 e. The Hall–Kier alpha value is -3.28. The molecule has 0 radical (unpaired) electrons. The van der Waals surface area contributed by atoms with E-state index in [0.29, 0.717) is 29.5 Å². The van der Waals surface area contributed by atoms with Crippen molar-refractivity contribution < 1.29 is 22.7 Å². The SMILES string of the molecule is Cc1ccc(S(=O)(=O)N2CCc3nc(NC(=O)CN4C(=O)COc5ccccc54)sc3C2)cc1. The minimum absolute atomic E-state index is 0.124. The number of hydrogen-bond acceptors (Lipinski definition) is 7. The first-order valence-corrected chi connectivity index (χ1v) is 12.9. The second-order valence-electron chi connectivity index (χ2n) is 8.07. The van der Waals surface area contributed by atoms with Crippen molar-refractivity contribution in [2.45, 2.75) is 24.8 Å². The Morgan fingerprint density at radius 2 is 1.94 bits per heavy atom. The number of nitrogens with one attached hydrogen (secondary N) is 1. The van der Waals surface area contributed by atoms with Crippen molar-refractivity contribution in [3.05, 3.63) is 64.7 Å². The molecule has 176 valence electrons. The highest BCUT2D eigenvalue weighted by Gasteiger charge is 2.31. The second kappa shape index (κ2) is 8.82. The van der Waals surface area contributed by atoms with Gasteiger partial charge in [0.25, 0.3) is 5.91 Å². The van der Waals surface area contributed by atoms with Crippen molar-refractivity contribution in [3.63, 3.8) is 0 Å². The van der Waals surface area contributed by atoms with Crippen LogP contribution < -0.4 is 15.0 Å². The van der Waals surface area contributed by atoms with Gasteiger partial charge < -0.3 is 10.1 Å². The predicted molar refractivity (Wildman–Crippen MR) is 128 cm³/mol. The zero-order valence-electron chi connectivity index (χ0n) is 18.4. The predicted octanol–water partition coefficient (Wildman–Crippen LogP) is 2.56. The van der Waals surface area contributed by atoms with E-state index in [2.05, 4.69) is 10.3 Å². The molecule has 5 rings (SSSR count). The van der Waals surface area contributed by atoms with Crippen LogP contribution in [0.15, 0.2) is 53.4 Å². The molecule has 9 nitrogen and oxygen atoms in total. The summed E-state index contributed by atoms with van der Waals surface area (Å²) in [7, 11) is -3.62. The standard InChI is InChI=1S/C23H22N4O5S2/c1-15-6-8-16(9-7-15)34(30,31)26-11-10-17-20(12-26)33-23(24-17)25-21(28)13-27-18-4-2-3-5-19(18)32-14-22(27)29/h2-9H,10-14H2,1H3,(H,24,25,28). The van der Waals surface area contributed by atoms with Gasteiger partial charge in [-0.3, -0.25) is 14.5 Å². The van der Waals surface area contributed by atoms with Crippen molar-refractivity contribution in [2.75, 3.05) is 29.9 Å². The number of fused-ring (bicyclic) bond motifs is 2. The van der Waals surface area contributed by atoms with Crippen LogP contribution in [-0.2, 0) is 32.6 Å². The van der Waals surface area contributed by atoms with Crippen molar-refractivity contribution in [2.24, 2.45) is 0 Å². The van der Waals surface area contributed by atoms with Gasteiger partial charge in [0.2, 0.25) is 15.9 Å². The third kappa shape index (κ3) is 4.29. The molecule has 0 aliphatic carbocycles. The fraction of sp³-hybridized carbons (Fsp3) is 0.261. The Labute approximate surface area is 201 Å². The van der Waals surface area contributed by atoms with Crippen LogP contribution in [0.4, 0.5) is 10.8 Å². The van der Waals surface area contributed by atoms with Gasteiger partial charge in [0.15, 0.2) is 11.7 Å². The Balaban J connectivity index is 1.28. The number of sulfonamides is 1. The number of aryl methyl sites for hydroxylation is 1. The number of carbonyl (C=O) groups is 2. The largest absolute Gasteiger partial charge is 0.482 e. The number of hydrogen-bond donors (Lipinski definition) is 1. The number of aromatic nitrogens is 1. The number of nitrogens with zero attached hydrogens (tertiary/aromatic N) is 3. The lowest BCUT2D eigenvalue weighted by Crippen LogP contribution is -2.43. The molecular formula is C23H22N4O5S2. The number of amides is 2. The van der Waals surface area contributed by atoms with Gasteiger partial charge in [-0.25, -0.2) is 13.4 Å². The number of thiazole rings is 1. The van der Waals surface area contributed by atoms with E-state index in [0.717, 1.165) is 16.1 Å². The fourth-order valence-electron chi connectivity index (χ4n) is 3.92. The molecular weight excluding hydrogens is 476 g/mol. The summed E-state index contributed by atoms with van der Waals surface area (Å²) >= 11 is 1.25. The molecule has 0 unspecified atom stereocenters. The van der Waals surface area contributed by atoms with Crippen LogP contribution in [0.5, 0.6) is 5.75 Å². The van der Waals surface area contributed by atoms with Gasteiger partial charge in [-0.1, -0.05) is 29.8 Å². The molecule has 34 heavy (non-hydrogen) atoms. The zero-order chi connectivity index (χ0) is 23.9. The first kappa shape index (κ1) is 22.5. The van der Waals surface area contributed by atoms with Crippen LogP contribution in [0.25, 0.3) is 0 Å². The summed E-state index contributed by atoms with van der Waals surface area (Å²) in [6.07, 6.45) is 0.460. The fourth-order valence-corrected chi connectivity index (χ4v) is 6.45. The van der Waals surface area contributed by atoms with Gasteiger partial charge >= 0.3 is 0 Å². The number of rotatable bonds is 5. The second-order valence-corrected chi connectivity index (χ2v) is 11.1. The van der Waals surface area contributed by atoms with Crippen LogP contribution in [0.1, 0.15) is 16.1 Å². The van der Waals surface area contributed by atoms with Crippen LogP contribution >= 0.6 is 11.3 Å². The Morgan fingerprint density at radius 3 is 2.74 bits per heavy atom. The smallest absolute Gasteiger partial charge is 0.265 e. The molecule has 0 saturated carbocycles. The summed E-state index contributed by atoms with van der Waals surface area (Å²) in [6, 6.07) is 13.8. The average molecular weight is 499 g/mol. The summed E-state index contributed by atoms with van der Waals surface area (Å²) in [6.45, 7) is 2.14. The van der Waals surface area contributed by atoms with Gasteiger partial charge in [-0.15, -0.1) is 11.3 Å². The molecule has 1 N–H and O–H groups in total. The molecule has 3 aromatic rings. The molecule has 0 fully saturated rings. The Morgan fingerprint density at radius 1 is 1.18 bits per heavy atom. The highest BCUT2D eigenvalue weighted by atomic mass is 32.2. The summed E-state index contributed by atoms with van der Waals surface area (Å²) in [5.41, 5.74) is 2.32. The van der Waals surface area contributed by atoms with Crippen molar-refractivity contribution >= 4 is 44.0 Å². The Bertz CT molecular complexity index is 1370. The van der Waals surface area contributed by atoms with Crippen LogP contribution in [0.3, 0.4) is 0 Å². The van der Waals surface area contributed by atoms with Gasteiger partial charge in [0, 0.05) is 17.8 Å². The molecule has 3 heterocycles. The molecule has 2 aliphatic rings. The van der Waals surface area contributed by atoms with E-state index in [1.807, 2.05) is 6.92 Å². The third-order valence-corrected chi connectivity index (χ3v) is 8.57. The van der Waals surface area contributed by atoms with Gasteiger partial charge in [0.05, 0.1) is 22.8 Å². The highest BCUT2D eigenvalue weighted by molar-refractivity contribution is 7.89. The number of carbonyl (C=O) groups excluding carboxylic acids is 2. The van der Waals surface area contributed by atoms with Crippen LogP contribution in [0, 0.1) is 6.92 Å². The first-order valence-electron chi connectivity index (χ1n) is 10.7. The Kier molecular flexibility index (Phi) is 5.84. The van der Waals surface area contributed by atoms with Crippen molar-refractivity contribution in [1.82, 2.24) is 9.29 Å². The number of para-hydroxylation sites is 2. The van der Waals surface area contributed by atoms with E-state index in [1.54, 1.807) is 48.5 Å². The van der Waals surface area contributed by atoms with E-state index < -0.39 is 10.0 Å². The van der Waals surface area contributed by atoms with Gasteiger partial charge in [0.1, 0.15) is 12.3 Å². The summed E-state index contributed by atoms with van der Waals surface area (Å²) in [5.74, 6) is -0.140. The molecule has 2 aromatic carbocycles. The van der Waals surface area contributed by atoms with E-state index in [4.69, 9.17) is 4.74 Å². The number of ether oxygens (including phenoxy) is 1. The lowest BCUT2D eigenvalue weighted by Gasteiger charge is -2.28. The molecule has 11 heteroatoms. The van der Waals surface area contributed by atoms with Gasteiger partial charge in [-0.05, 0) is 31.2 Å². The monoisotopic (exact) mass is 498 g/mol. The van der Waals surface area contributed by atoms with E-state index in [-0.39, 0.29) is 36.4 Å². The molecule has 0 atom stereocenters. The van der Waals surface area contributed by atoms with E-state index in [1.165, 1.54) is 20.5 Å². The van der Waals surface area contributed by atoms with Crippen molar-refractivity contribution in [3.8, 4) is 5.75 Å². The quantitative estimate of drug-likeness (QED) is 0.579. The lowest BCUT2D eigenvalue weighted by molar-refractivity contribution is -0.123. The molecule has 2 aliphatic heterocycles. The lowest BCUT2D eigenvalue weighted by atomic mass is 10.2. The molecule has 0 saturated heterocycles. The third-order valence-electron chi connectivity index (χ3n) is 5.71. The van der Waals surface area contributed by atoms with E-state index >= 15 is 0 Å². The zero-order valence-corrected chi connectivity index (χ0v) is 20.0. The van der Waals surface area contributed by atoms with Crippen LogP contribution in [0.2, 0.25) is 0 Å². The molecule has 1 aromatic heterocycles. The number of benzene rings is 2. The molecule has 2 amide bonds. The number of anilines is 2. The van der Waals surface area contributed by atoms with Crippen LogP contribution in [-0.4, -0.2) is 49.2 Å². The van der Waals surface area contributed by atoms with Gasteiger partial charge in [-0.2, -0.15) is 4.31 Å². The normalized spacial score (nSPS) is 15.9. The maximum atomic E-state index is 13.0. The van der Waals surface area contributed by atoms with E-state index in [9.17, 15) is 18.0 Å². The summed E-state index contributed by atoms with van der Waals surface area (Å²) in [4.78, 5) is 31.9. The first-order chi connectivity index (χ1) is 16.3. The summed E-state index contributed by atoms with van der Waals surface area (Å²) in [5, 5.41) is 3.14. The minimum atomic E-state index is -3.62.